The van der Waals surface area contributed by atoms with E-state index in [4.69, 9.17) is 21.1 Å². The summed E-state index contributed by atoms with van der Waals surface area (Å²) in [5.74, 6) is -0.703. The lowest BCUT2D eigenvalue weighted by molar-refractivity contribution is 0.0000992. The lowest BCUT2D eigenvalue weighted by Gasteiger charge is -2.23. The third-order valence-electron chi connectivity index (χ3n) is 5.19. The van der Waals surface area contributed by atoms with Crippen LogP contribution in [-0.2, 0) is 4.74 Å². The molecule has 2 amide bonds. The van der Waals surface area contributed by atoms with E-state index in [0.717, 1.165) is 11.4 Å². The normalized spacial score (nSPS) is 18.3. The van der Waals surface area contributed by atoms with Crippen molar-refractivity contribution in [3.05, 3.63) is 58.2 Å². The Hall–Kier alpha value is -3.45. The molecule has 5 rings (SSSR count). The number of rotatable bonds is 4. The highest BCUT2D eigenvalue weighted by molar-refractivity contribution is 6.36. The van der Waals surface area contributed by atoms with E-state index in [-0.39, 0.29) is 33.6 Å². The van der Waals surface area contributed by atoms with E-state index in [1.165, 1.54) is 4.52 Å². The first kappa shape index (κ1) is 19.5. The van der Waals surface area contributed by atoms with Crippen molar-refractivity contribution in [1.82, 2.24) is 14.9 Å². The number of ether oxygens (including phenoxy) is 2. The molecule has 156 valence electrons. The fourth-order valence-electron chi connectivity index (χ4n) is 3.73. The lowest BCUT2D eigenvalue weighted by Crippen LogP contribution is -2.41. The number of carbonyl (C=O) groups excluding carboxylic acids is 2. The Labute approximate surface area is 181 Å². The minimum atomic E-state index is -0.532. The SMILES string of the molecule is N#Cc1c(N2C(=O)c3ccccc3C2=O)nn2cc(OCC3CNCCO3)cc(Cl)c12. The first-order chi connectivity index (χ1) is 15.1. The molecule has 10 heteroatoms. The van der Waals surface area contributed by atoms with Crippen LogP contribution in [0.2, 0.25) is 5.02 Å². The number of nitrogens with one attached hydrogen (secondary N) is 1. The van der Waals surface area contributed by atoms with Crippen LogP contribution in [0.4, 0.5) is 5.82 Å². The Morgan fingerprint density at radius 1 is 1.29 bits per heavy atom. The van der Waals surface area contributed by atoms with Gasteiger partial charge in [0.05, 0.1) is 29.0 Å². The number of pyridine rings is 1. The van der Waals surface area contributed by atoms with Gasteiger partial charge in [0, 0.05) is 19.2 Å². The van der Waals surface area contributed by atoms with Gasteiger partial charge in [-0.25, -0.2) is 9.42 Å². The molecule has 0 radical (unpaired) electrons. The van der Waals surface area contributed by atoms with Crippen molar-refractivity contribution in [1.29, 1.82) is 5.26 Å². The quantitative estimate of drug-likeness (QED) is 0.622. The molecule has 3 aromatic rings. The summed E-state index contributed by atoms with van der Waals surface area (Å²) in [7, 11) is 0. The van der Waals surface area contributed by atoms with Gasteiger partial charge in [-0.05, 0) is 12.1 Å². The van der Waals surface area contributed by atoms with E-state index < -0.39 is 11.8 Å². The molecule has 1 unspecified atom stereocenters. The van der Waals surface area contributed by atoms with Crippen molar-refractivity contribution in [2.45, 2.75) is 6.10 Å². The summed E-state index contributed by atoms with van der Waals surface area (Å²) in [6.07, 6.45) is 1.46. The molecule has 9 nitrogen and oxygen atoms in total. The number of benzene rings is 1. The molecule has 0 saturated carbocycles. The zero-order valence-corrected chi connectivity index (χ0v) is 16.9. The molecule has 31 heavy (non-hydrogen) atoms. The zero-order valence-electron chi connectivity index (χ0n) is 16.2. The van der Waals surface area contributed by atoms with Gasteiger partial charge in [-0.3, -0.25) is 9.59 Å². The smallest absolute Gasteiger partial charge is 0.267 e. The monoisotopic (exact) mass is 437 g/mol. The maximum Gasteiger partial charge on any atom is 0.267 e. The summed E-state index contributed by atoms with van der Waals surface area (Å²) in [6, 6.07) is 10.1. The predicted octanol–water partition coefficient (Wildman–Crippen LogP) is 2.03. The van der Waals surface area contributed by atoms with E-state index in [2.05, 4.69) is 10.4 Å². The average Bonchev–Trinajstić information content (AvgIpc) is 3.28. The van der Waals surface area contributed by atoms with Gasteiger partial charge in [-0.2, -0.15) is 5.26 Å². The van der Waals surface area contributed by atoms with Crippen LogP contribution in [0.25, 0.3) is 5.52 Å². The number of fused-ring (bicyclic) bond motifs is 2. The van der Waals surface area contributed by atoms with Gasteiger partial charge < -0.3 is 14.8 Å². The molecule has 2 aliphatic rings. The first-order valence-corrected chi connectivity index (χ1v) is 10.0. The van der Waals surface area contributed by atoms with Crippen LogP contribution in [0, 0.1) is 11.3 Å². The molecular formula is C21H16ClN5O4. The van der Waals surface area contributed by atoms with Crippen molar-refractivity contribution in [2.75, 3.05) is 31.2 Å². The number of imide groups is 1. The van der Waals surface area contributed by atoms with E-state index in [0.29, 0.717) is 31.0 Å². The second-order valence-corrected chi connectivity index (χ2v) is 7.53. The van der Waals surface area contributed by atoms with Gasteiger partial charge in [-0.1, -0.05) is 23.7 Å². The fraction of sp³-hybridized carbons (Fsp3) is 0.238. The molecule has 2 aliphatic heterocycles. The van der Waals surface area contributed by atoms with Crippen LogP contribution in [0.5, 0.6) is 5.75 Å². The number of carbonyl (C=O) groups is 2. The molecule has 1 atom stereocenters. The van der Waals surface area contributed by atoms with E-state index in [1.807, 2.05) is 6.07 Å². The van der Waals surface area contributed by atoms with Crippen LogP contribution in [-0.4, -0.2) is 53.8 Å². The highest BCUT2D eigenvalue weighted by atomic mass is 35.5. The van der Waals surface area contributed by atoms with Gasteiger partial charge in [-0.15, -0.1) is 5.10 Å². The second-order valence-electron chi connectivity index (χ2n) is 7.13. The minimum Gasteiger partial charge on any atom is -0.489 e. The summed E-state index contributed by atoms with van der Waals surface area (Å²) in [6.45, 7) is 2.41. The van der Waals surface area contributed by atoms with Gasteiger partial charge >= 0.3 is 0 Å². The van der Waals surface area contributed by atoms with Crippen molar-refractivity contribution in [3.63, 3.8) is 0 Å². The molecular weight excluding hydrogens is 422 g/mol. The molecule has 0 spiro atoms. The fourth-order valence-corrected chi connectivity index (χ4v) is 4.02. The highest BCUT2D eigenvalue weighted by Gasteiger charge is 2.39. The minimum absolute atomic E-state index is 0.0332. The third kappa shape index (κ3) is 3.21. The van der Waals surface area contributed by atoms with Crippen LogP contribution in [0.15, 0.2) is 36.5 Å². The molecule has 0 bridgehead atoms. The Balaban J connectivity index is 1.51. The zero-order chi connectivity index (χ0) is 21.5. The maximum atomic E-state index is 12.9. The van der Waals surface area contributed by atoms with Crippen LogP contribution in [0.1, 0.15) is 26.3 Å². The number of halogens is 1. The maximum absolute atomic E-state index is 12.9. The number of hydrogen-bond donors (Lipinski definition) is 1. The van der Waals surface area contributed by atoms with E-state index in [9.17, 15) is 14.9 Å². The van der Waals surface area contributed by atoms with Crippen molar-refractivity contribution in [2.24, 2.45) is 0 Å². The summed E-state index contributed by atoms with van der Waals surface area (Å²) < 4.78 is 12.8. The first-order valence-electron chi connectivity index (χ1n) is 9.63. The summed E-state index contributed by atoms with van der Waals surface area (Å²) in [5, 5.41) is 17.5. The van der Waals surface area contributed by atoms with Crippen LogP contribution in [0.3, 0.4) is 0 Å². The van der Waals surface area contributed by atoms with Gasteiger partial charge in [0.25, 0.3) is 11.8 Å². The number of amides is 2. The average molecular weight is 438 g/mol. The van der Waals surface area contributed by atoms with Gasteiger partial charge in [0.2, 0.25) is 0 Å². The van der Waals surface area contributed by atoms with Gasteiger partial charge in [0.1, 0.15) is 35.6 Å². The van der Waals surface area contributed by atoms with E-state index >= 15 is 0 Å². The molecule has 2 aromatic heterocycles. The van der Waals surface area contributed by atoms with Gasteiger partial charge in [0.15, 0.2) is 5.82 Å². The molecule has 1 saturated heterocycles. The van der Waals surface area contributed by atoms with Crippen molar-refractivity contribution >= 4 is 34.7 Å². The Kier molecular flexibility index (Phi) is 4.82. The Morgan fingerprint density at radius 3 is 2.68 bits per heavy atom. The molecule has 1 N–H and O–H groups in total. The number of hydrogen-bond acceptors (Lipinski definition) is 7. The van der Waals surface area contributed by atoms with Crippen LogP contribution >= 0.6 is 11.6 Å². The standard InChI is InChI=1S/C21H16ClN5O4/c22-17-7-12(31-11-13-9-24-5-6-30-13)10-26-18(17)16(8-23)19(25-26)27-20(28)14-3-1-2-4-15(14)21(27)29/h1-4,7,10,13,24H,5-6,9,11H2. The number of nitriles is 1. The predicted molar refractivity (Wildman–Crippen MR) is 111 cm³/mol. The molecule has 0 aliphatic carbocycles. The topological polar surface area (TPSA) is 109 Å². The second kappa shape index (κ2) is 7.67. The number of anilines is 1. The summed E-state index contributed by atoms with van der Waals surface area (Å²) in [4.78, 5) is 26.6. The number of morpholine rings is 1. The van der Waals surface area contributed by atoms with Crippen molar-refractivity contribution in [3.8, 4) is 11.8 Å². The Bertz CT molecular complexity index is 1220. The summed E-state index contributed by atoms with van der Waals surface area (Å²) in [5.41, 5.74) is 0.860. The number of aromatic nitrogens is 2. The molecule has 1 aromatic carbocycles. The Morgan fingerprint density at radius 2 is 2.03 bits per heavy atom. The highest BCUT2D eigenvalue weighted by Crippen LogP contribution is 2.35. The number of nitrogens with zero attached hydrogens (tertiary/aromatic N) is 4. The van der Waals surface area contributed by atoms with Crippen LogP contribution < -0.4 is 15.0 Å². The lowest BCUT2D eigenvalue weighted by atomic mass is 10.1. The molecule has 4 heterocycles. The third-order valence-corrected chi connectivity index (χ3v) is 5.48. The van der Waals surface area contributed by atoms with Crippen molar-refractivity contribution < 1.29 is 19.1 Å². The molecule has 1 fully saturated rings. The van der Waals surface area contributed by atoms with E-state index in [1.54, 1.807) is 36.5 Å². The summed E-state index contributed by atoms with van der Waals surface area (Å²) >= 11 is 6.43. The largest absolute Gasteiger partial charge is 0.489 e.